The molecule has 0 bridgehead atoms. The number of aryl methyl sites for hydroxylation is 1. The second-order valence-corrected chi connectivity index (χ2v) is 3.52. The van der Waals surface area contributed by atoms with E-state index in [0.29, 0.717) is 5.88 Å². The predicted molar refractivity (Wildman–Crippen MR) is 56.8 cm³/mol. The first-order valence-corrected chi connectivity index (χ1v) is 5.21. The van der Waals surface area contributed by atoms with Crippen molar-refractivity contribution in [2.75, 3.05) is 0 Å². The number of hydrogen-bond acceptors (Lipinski definition) is 3. The molecule has 0 aliphatic heterocycles. The van der Waals surface area contributed by atoms with E-state index in [-0.39, 0.29) is 11.4 Å². The first-order chi connectivity index (χ1) is 6.67. The van der Waals surface area contributed by atoms with Crippen LogP contribution in [-0.2, 0) is 0 Å². The number of halogens is 1. The van der Waals surface area contributed by atoms with Gasteiger partial charge in [-0.1, -0.05) is 13.8 Å². The van der Waals surface area contributed by atoms with Crippen molar-refractivity contribution in [3.8, 4) is 5.88 Å². The maximum Gasteiger partial charge on any atom is 0.225 e. The van der Waals surface area contributed by atoms with E-state index in [1.807, 2.05) is 6.92 Å². The Bertz CT molecular complexity index is 300. The van der Waals surface area contributed by atoms with Gasteiger partial charge in [0.1, 0.15) is 0 Å². The zero-order valence-corrected chi connectivity index (χ0v) is 9.51. The molecule has 1 rings (SSSR count). The Balaban J connectivity index is 2.79. The summed E-state index contributed by atoms with van der Waals surface area (Å²) in [5.74, 6) is 0.596. The molecule has 0 spiro atoms. The monoisotopic (exact) mass is 214 g/mol. The summed E-state index contributed by atoms with van der Waals surface area (Å²) in [6, 6.07) is 0. The standard InChI is InChI=1S/C10H15ClN2O/c1-4-8(5-2)14-9-7(3)6-12-10(11)13-9/h6,8H,4-5H2,1-3H3. The lowest BCUT2D eigenvalue weighted by Gasteiger charge is -2.15. The molecule has 0 amide bonds. The van der Waals surface area contributed by atoms with Crippen molar-refractivity contribution < 1.29 is 4.74 Å². The van der Waals surface area contributed by atoms with E-state index < -0.39 is 0 Å². The lowest BCUT2D eigenvalue weighted by Crippen LogP contribution is -2.15. The summed E-state index contributed by atoms with van der Waals surface area (Å²) in [6.45, 7) is 6.09. The normalized spacial score (nSPS) is 10.6. The fraction of sp³-hybridized carbons (Fsp3) is 0.600. The molecular weight excluding hydrogens is 200 g/mol. The minimum atomic E-state index is 0.208. The lowest BCUT2D eigenvalue weighted by atomic mass is 10.2. The summed E-state index contributed by atoms with van der Waals surface area (Å²) < 4.78 is 5.69. The molecule has 0 unspecified atom stereocenters. The fourth-order valence-electron chi connectivity index (χ4n) is 1.14. The number of hydrogen-bond donors (Lipinski definition) is 0. The number of nitrogens with zero attached hydrogens (tertiary/aromatic N) is 2. The molecule has 0 aliphatic rings. The van der Waals surface area contributed by atoms with Crippen molar-refractivity contribution >= 4 is 11.6 Å². The van der Waals surface area contributed by atoms with Crippen LogP contribution in [0.15, 0.2) is 6.20 Å². The quantitative estimate of drug-likeness (QED) is 0.723. The maximum absolute atomic E-state index is 5.69. The van der Waals surface area contributed by atoms with Gasteiger partial charge in [0.05, 0.1) is 6.10 Å². The molecule has 0 saturated heterocycles. The van der Waals surface area contributed by atoms with Gasteiger partial charge < -0.3 is 4.74 Å². The third-order valence-electron chi connectivity index (χ3n) is 2.08. The van der Waals surface area contributed by atoms with Crippen LogP contribution >= 0.6 is 11.6 Å². The highest BCUT2D eigenvalue weighted by Crippen LogP contribution is 2.18. The summed E-state index contributed by atoms with van der Waals surface area (Å²) in [4.78, 5) is 7.91. The van der Waals surface area contributed by atoms with E-state index in [9.17, 15) is 0 Å². The van der Waals surface area contributed by atoms with Crippen LogP contribution in [0.25, 0.3) is 0 Å². The summed E-state index contributed by atoms with van der Waals surface area (Å²) in [5.41, 5.74) is 0.918. The fourth-order valence-corrected chi connectivity index (χ4v) is 1.26. The summed E-state index contributed by atoms with van der Waals surface area (Å²) in [5, 5.41) is 0.233. The molecule has 1 aromatic heterocycles. The van der Waals surface area contributed by atoms with Crippen molar-refractivity contribution in [2.45, 2.75) is 39.7 Å². The van der Waals surface area contributed by atoms with Crippen molar-refractivity contribution in [3.63, 3.8) is 0 Å². The Kier molecular flexibility index (Phi) is 4.14. The van der Waals surface area contributed by atoms with Gasteiger partial charge in [-0.05, 0) is 31.4 Å². The largest absolute Gasteiger partial charge is 0.474 e. The molecule has 1 aromatic rings. The van der Waals surface area contributed by atoms with Gasteiger partial charge in [0.15, 0.2) is 0 Å². The van der Waals surface area contributed by atoms with Crippen LogP contribution in [0.5, 0.6) is 5.88 Å². The van der Waals surface area contributed by atoms with Crippen LogP contribution in [0, 0.1) is 6.92 Å². The highest BCUT2D eigenvalue weighted by Gasteiger charge is 2.09. The third kappa shape index (κ3) is 2.84. The first-order valence-electron chi connectivity index (χ1n) is 4.83. The van der Waals surface area contributed by atoms with Gasteiger partial charge in [0.25, 0.3) is 0 Å². The Labute approximate surface area is 89.5 Å². The third-order valence-corrected chi connectivity index (χ3v) is 2.27. The zero-order chi connectivity index (χ0) is 10.6. The van der Waals surface area contributed by atoms with E-state index in [1.54, 1.807) is 6.20 Å². The molecule has 0 fully saturated rings. The summed E-state index contributed by atoms with van der Waals surface area (Å²) in [7, 11) is 0. The van der Waals surface area contributed by atoms with Crippen molar-refractivity contribution in [2.24, 2.45) is 0 Å². The van der Waals surface area contributed by atoms with E-state index in [2.05, 4.69) is 23.8 Å². The van der Waals surface area contributed by atoms with Gasteiger partial charge in [-0.15, -0.1) is 0 Å². The predicted octanol–water partition coefficient (Wildman–Crippen LogP) is 3.01. The molecule has 1 heterocycles. The summed E-state index contributed by atoms with van der Waals surface area (Å²) >= 11 is 5.68. The van der Waals surface area contributed by atoms with Crippen molar-refractivity contribution in [1.82, 2.24) is 9.97 Å². The Hall–Kier alpha value is -0.830. The maximum atomic E-state index is 5.69. The van der Waals surface area contributed by atoms with Crippen molar-refractivity contribution in [3.05, 3.63) is 17.0 Å². The van der Waals surface area contributed by atoms with Crippen LogP contribution in [0.3, 0.4) is 0 Å². The van der Waals surface area contributed by atoms with Gasteiger partial charge in [0, 0.05) is 11.8 Å². The molecule has 0 saturated carbocycles. The molecule has 0 aromatic carbocycles. The Morgan fingerprint density at radius 2 is 2.07 bits per heavy atom. The van der Waals surface area contributed by atoms with E-state index in [0.717, 1.165) is 18.4 Å². The SMILES string of the molecule is CCC(CC)Oc1nc(Cl)ncc1C. The molecule has 3 nitrogen and oxygen atoms in total. The number of ether oxygens (including phenoxy) is 1. The van der Waals surface area contributed by atoms with Gasteiger partial charge >= 0.3 is 0 Å². The molecular formula is C10H15ClN2O. The molecule has 78 valence electrons. The van der Waals surface area contributed by atoms with Crippen molar-refractivity contribution in [1.29, 1.82) is 0 Å². The zero-order valence-electron chi connectivity index (χ0n) is 8.75. The molecule has 0 atom stereocenters. The van der Waals surface area contributed by atoms with Crippen LogP contribution in [0.2, 0.25) is 5.28 Å². The molecule has 0 radical (unpaired) electrons. The highest BCUT2D eigenvalue weighted by atomic mass is 35.5. The average Bonchev–Trinajstić information content (AvgIpc) is 2.19. The van der Waals surface area contributed by atoms with Gasteiger partial charge in [-0.25, -0.2) is 4.98 Å². The smallest absolute Gasteiger partial charge is 0.225 e. The summed E-state index contributed by atoms with van der Waals surface area (Å²) in [6.07, 6.45) is 3.82. The van der Waals surface area contributed by atoms with E-state index >= 15 is 0 Å². The van der Waals surface area contributed by atoms with E-state index in [1.165, 1.54) is 0 Å². The van der Waals surface area contributed by atoms with Crippen LogP contribution < -0.4 is 4.74 Å². The Morgan fingerprint density at radius 1 is 1.43 bits per heavy atom. The number of rotatable bonds is 4. The minimum Gasteiger partial charge on any atom is -0.474 e. The van der Waals surface area contributed by atoms with Crippen LogP contribution in [0.1, 0.15) is 32.3 Å². The molecule has 0 aliphatic carbocycles. The Morgan fingerprint density at radius 3 is 2.64 bits per heavy atom. The van der Waals surface area contributed by atoms with Gasteiger partial charge in [0.2, 0.25) is 11.2 Å². The highest BCUT2D eigenvalue weighted by molar-refractivity contribution is 6.28. The molecule has 4 heteroatoms. The van der Waals surface area contributed by atoms with Gasteiger partial charge in [-0.3, -0.25) is 0 Å². The minimum absolute atomic E-state index is 0.208. The number of aromatic nitrogens is 2. The van der Waals surface area contributed by atoms with Crippen LogP contribution in [-0.4, -0.2) is 16.1 Å². The topological polar surface area (TPSA) is 35.0 Å². The lowest BCUT2D eigenvalue weighted by molar-refractivity contribution is 0.183. The average molecular weight is 215 g/mol. The van der Waals surface area contributed by atoms with Gasteiger partial charge in [-0.2, -0.15) is 4.98 Å². The first kappa shape index (κ1) is 11.2. The van der Waals surface area contributed by atoms with Crippen LogP contribution in [0.4, 0.5) is 0 Å². The second-order valence-electron chi connectivity index (χ2n) is 3.18. The second kappa shape index (κ2) is 5.15. The molecule has 0 N–H and O–H groups in total. The molecule has 14 heavy (non-hydrogen) atoms. The van der Waals surface area contributed by atoms with E-state index in [4.69, 9.17) is 16.3 Å².